The molecule has 6 nitrogen and oxygen atoms in total. The van der Waals surface area contributed by atoms with Crippen LogP contribution in [0.15, 0.2) is 72.8 Å². The van der Waals surface area contributed by atoms with Crippen molar-refractivity contribution in [3.8, 4) is 0 Å². The first kappa shape index (κ1) is 19.4. The molecule has 0 bridgehead atoms. The standard InChI is InChI=1S/C21H18ClN3O3/c1-14(15-6-3-2-4-7-15)23-20-11-10-18(25(27)28)13-19(20)21(26)24-17-9-5-8-16(22)12-17/h2-14,23H,1H3,(H,24,26)/t14-/m0/s1. The topological polar surface area (TPSA) is 84.3 Å². The van der Waals surface area contributed by atoms with Crippen LogP contribution in [0.1, 0.15) is 28.9 Å². The van der Waals surface area contributed by atoms with Gasteiger partial charge in [0.25, 0.3) is 11.6 Å². The van der Waals surface area contributed by atoms with Crippen LogP contribution in [0.5, 0.6) is 0 Å². The number of non-ortho nitro benzene ring substituents is 1. The second kappa shape index (κ2) is 8.54. The van der Waals surface area contributed by atoms with E-state index in [4.69, 9.17) is 11.6 Å². The SMILES string of the molecule is C[C@H](Nc1ccc([N+](=O)[O-])cc1C(=O)Nc1cccc(Cl)c1)c1ccccc1. The predicted molar refractivity (Wildman–Crippen MR) is 111 cm³/mol. The molecule has 0 aliphatic heterocycles. The number of nitro groups is 1. The van der Waals surface area contributed by atoms with Crippen LogP contribution in [0.3, 0.4) is 0 Å². The predicted octanol–water partition coefficient (Wildman–Crippen LogP) is 5.67. The van der Waals surface area contributed by atoms with Crippen molar-refractivity contribution in [3.05, 3.63) is 99.1 Å². The lowest BCUT2D eigenvalue weighted by atomic mass is 10.1. The van der Waals surface area contributed by atoms with Crippen LogP contribution in [0.4, 0.5) is 17.1 Å². The molecule has 0 spiro atoms. The Balaban J connectivity index is 1.91. The van der Waals surface area contributed by atoms with E-state index in [9.17, 15) is 14.9 Å². The summed E-state index contributed by atoms with van der Waals surface area (Å²) in [7, 11) is 0. The second-order valence-electron chi connectivity index (χ2n) is 6.23. The molecule has 0 heterocycles. The number of nitrogens with one attached hydrogen (secondary N) is 2. The number of carbonyl (C=O) groups is 1. The Kier molecular flexibility index (Phi) is 5.91. The highest BCUT2D eigenvalue weighted by Gasteiger charge is 2.18. The highest BCUT2D eigenvalue weighted by Crippen LogP contribution is 2.27. The molecule has 3 rings (SSSR count). The molecule has 0 radical (unpaired) electrons. The minimum absolute atomic E-state index is 0.0969. The lowest BCUT2D eigenvalue weighted by Gasteiger charge is -2.18. The number of carbonyl (C=O) groups excluding carboxylic acids is 1. The number of amides is 1. The second-order valence-corrected chi connectivity index (χ2v) is 6.66. The van der Waals surface area contributed by atoms with Crippen molar-refractivity contribution < 1.29 is 9.72 Å². The highest BCUT2D eigenvalue weighted by molar-refractivity contribution is 6.31. The summed E-state index contributed by atoms with van der Waals surface area (Å²) in [4.78, 5) is 23.5. The van der Waals surface area contributed by atoms with E-state index >= 15 is 0 Å². The van der Waals surface area contributed by atoms with Crippen molar-refractivity contribution in [2.45, 2.75) is 13.0 Å². The Morgan fingerprint density at radius 3 is 2.46 bits per heavy atom. The van der Waals surface area contributed by atoms with Crippen molar-refractivity contribution in [3.63, 3.8) is 0 Å². The fourth-order valence-electron chi connectivity index (χ4n) is 2.78. The molecule has 0 fully saturated rings. The van der Waals surface area contributed by atoms with E-state index in [0.717, 1.165) is 5.56 Å². The van der Waals surface area contributed by atoms with Crippen molar-refractivity contribution in [2.75, 3.05) is 10.6 Å². The number of anilines is 2. The molecular weight excluding hydrogens is 378 g/mol. The van der Waals surface area contributed by atoms with E-state index in [1.54, 1.807) is 30.3 Å². The van der Waals surface area contributed by atoms with Crippen LogP contribution < -0.4 is 10.6 Å². The fraction of sp³-hybridized carbons (Fsp3) is 0.0952. The van der Waals surface area contributed by atoms with Gasteiger partial charge >= 0.3 is 0 Å². The van der Waals surface area contributed by atoms with Crippen LogP contribution in [0.2, 0.25) is 5.02 Å². The molecular formula is C21H18ClN3O3. The molecule has 142 valence electrons. The Labute approximate surface area is 167 Å². The smallest absolute Gasteiger partial charge is 0.270 e. The third-order valence-corrected chi connectivity index (χ3v) is 4.45. The minimum atomic E-state index is -0.527. The van der Waals surface area contributed by atoms with Gasteiger partial charge in [-0.05, 0) is 36.8 Å². The number of rotatable bonds is 6. The van der Waals surface area contributed by atoms with Crippen molar-refractivity contribution in [2.24, 2.45) is 0 Å². The molecule has 0 saturated carbocycles. The van der Waals surface area contributed by atoms with Gasteiger partial charge in [0.15, 0.2) is 0 Å². The van der Waals surface area contributed by atoms with Crippen LogP contribution >= 0.6 is 11.6 Å². The van der Waals surface area contributed by atoms with Gasteiger partial charge in [-0.2, -0.15) is 0 Å². The summed E-state index contributed by atoms with van der Waals surface area (Å²) in [5.74, 6) is -0.464. The van der Waals surface area contributed by atoms with Gasteiger partial charge < -0.3 is 10.6 Å². The number of hydrogen-bond donors (Lipinski definition) is 2. The summed E-state index contributed by atoms with van der Waals surface area (Å²) in [6.07, 6.45) is 0. The first-order valence-corrected chi connectivity index (χ1v) is 8.98. The summed E-state index contributed by atoms with van der Waals surface area (Å²) in [5.41, 5.74) is 2.06. The average Bonchev–Trinajstić information content (AvgIpc) is 2.68. The van der Waals surface area contributed by atoms with Gasteiger partial charge in [0.2, 0.25) is 0 Å². The number of benzene rings is 3. The molecule has 2 N–H and O–H groups in total. The summed E-state index contributed by atoms with van der Waals surface area (Å²) < 4.78 is 0. The highest BCUT2D eigenvalue weighted by atomic mass is 35.5. The van der Waals surface area contributed by atoms with Crippen molar-refractivity contribution in [1.29, 1.82) is 0 Å². The van der Waals surface area contributed by atoms with Gasteiger partial charge in [0.05, 0.1) is 10.5 Å². The maximum absolute atomic E-state index is 12.8. The molecule has 0 aromatic heterocycles. The van der Waals surface area contributed by atoms with Gasteiger partial charge in [0, 0.05) is 34.6 Å². The Morgan fingerprint density at radius 1 is 1.04 bits per heavy atom. The van der Waals surface area contributed by atoms with Crippen molar-refractivity contribution >= 4 is 34.6 Å². The van der Waals surface area contributed by atoms with E-state index in [-0.39, 0.29) is 17.3 Å². The molecule has 0 unspecified atom stereocenters. The zero-order valence-electron chi connectivity index (χ0n) is 15.1. The molecule has 1 atom stereocenters. The molecule has 3 aromatic rings. The Bertz CT molecular complexity index is 1010. The normalized spacial score (nSPS) is 11.5. The lowest BCUT2D eigenvalue weighted by molar-refractivity contribution is -0.384. The maximum atomic E-state index is 12.8. The number of hydrogen-bond acceptors (Lipinski definition) is 4. The molecule has 3 aromatic carbocycles. The van der Waals surface area contributed by atoms with E-state index in [0.29, 0.717) is 16.4 Å². The van der Waals surface area contributed by atoms with E-state index < -0.39 is 10.8 Å². The summed E-state index contributed by atoms with van der Waals surface area (Å²) in [5, 5.41) is 17.6. The first-order chi connectivity index (χ1) is 13.4. The van der Waals surface area contributed by atoms with Crippen LogP contribution in [-0.4, -0.2) is 10.8 Å². The van der Waals surface area contributed by atoms with Gasteiger partial charge in [0.1, 0.15) is 0 Å². The summed E-state index contributed by atoms with van der Waals surface area (Å²) >= 11 is 5.96. The maximum Gasteiger partial charge on any atom is 0.270 e. The van der Waals surface area contributed by atoms with Gasteiger partial charge in [-0.15, -0.1) is 0 Å². The first-order valence-electron chi connectivity index (χ1n) is 8.61. The molecule has 1 amide bonds. The number of halogens is 1. The van der Waals surface area contributed by atoms with Crippen LogP contribution in [0, 0.1) is 10.1 Å². The average molecular weight is 396 g/mol. The zero-order chi connectivity index (χ0) is 20.1. The molecule has 0 aliphatic rings. The molecule has 0 saturated heterocycles. The van der Waals surface area contributed by atoms with Crippen LogP contribution in [-0.2, 0) is 0 Å². The van der Waals surface area contributed by atoms with E-state index in [1.165, 1.54) is 12.1 Å². The third-order valence-electron chi connectivity index (χ3n) is 4.21. The number of nitro benzene ring substituents is 1. The molecule has 28 heavy (non-hydrogen) atoms. The molecule has 0 aliphatic carbocycles. The summed E-state index contributed by atoms with van der Waals surface area (Å²) in [6.45, 7) is 1.95. The van der Waals surface area contributed by atoms with E-state index in [1.807, 2.05) is 37.3 Å². The summed E-state index contributed by atoms with van der Waals surface area (Å²) in [6, 6.07) is 20.5. The van der Waals surface area contributed by atoms with Gasteiger partial charge in [-0.25, -0.2) is 0 Å². The largest absolute Gasteiger partial charge is 0.378 e. The zero-order valence-corrected chi connectivity index (χ0v) is 15.8. The minimum Gasteiger partial charge on any atom is -0.378 e. The lowest BCUT2D eigenvalue weighted by Crippen LogP contribution is -2.16. The monoisotopic (exact) mass is 395 g/mol. The third kappa shape index (κ3) is 4.66. The van der Waals surface area contributed by atoms with Crippen LogP contribution in [0.25, 0.3) is 0 Å². The fourth-order valence-corrected chi connectivity index (χ4v) is 2.97. The Morgan fingerprint density at radius 2 is 1.79 bits per heavy atom. The molecule has 7 heteroatoms. The quantitative estimate of drug-likeness (QED) is 0.415. The number of nitrogens with zero attached hydrogens (tertiary/aromatic N) is 1. The van der Waals surface area contributed by atoms with Gasteiger partial charge in [-0.1, -0.05) is 48.0 Å². The van der Waals surface area contributed by atoms with Gasteiger partial charge in [-0.3, -0.25) is 14.9 Å². The van der Waals surface area contributed by atoms with Crippen molar-refractivity contribution in [1.82, 2.24) is 0 Å². The Hall–Kier alpha value is -3.38. The van der Waals surface area contributed by atoms with E-state index in [2.05, 4.69) is 10.6 Å².